The van der Waals surface area contributed by atoms with Gasteiger partial charge in [-0.2, -0.15) is 0 Å². The van der Waals surface area contributed by atoms with Crippen LogP contribution >= 0.6 is 0 Å². The van der Waals surface area contributed by atoms with Crippen molar-refractivity contribution in [2.24, 2.45) is 0 Å². The lowest BCUT2D eigenvalue weighted by molar-refractivity contribution is -0.142. The third-order valence-electron chi connectivity index (χ3n) is 2.16. The summed E-state index contributed by atoms with van der Waals surface area (Å²) in [7, 11) is -3.78. The van der Waals surface area contributed by atoms with Crippen LogP contribution in [0.3, 0.4) is 0 Å². The number of hydrogen-bond donors (Lipinski definition) is 2. The molecule has 0 aromatic heterocycles. The molecule has 8 heteroatoms. The molecule has 6 nitrogen and oxygen atoms in total. The number of nitrogens with two attached hydrogens (primary N) is 1. The van der Waals surface area contributed by atoms with Gasteiger partial charge in [0.05, 0.1) is 30.2 Å². The minimum atomic E-state index is -3.78. The molecule has 19 heavy (non-hydrogen) atoms. The molecule has 0 aliphatic carbocycles. The van der Waals surface area contributed by atoms with Crippen LogP contribution in [0.2, 0.25) is 0 Å². The molecule has 0 aliphatic rings. The summed E-state index contributed by atoms with van der Waals surface area (Å²) in [4.78, 5) is 11.1. The average Bonchev–Trinajstić information content (AvgIpc) is 2.32. The molecule has 0 atom stereocenters. The van der Waals surface area contributed by atoms with Crippen LogP contribution in [0, 0.1) is 5.82 Å². The highest BCUT2D eigenvalue weighted by Gasteiger charge is 2.15. The van der Waals surface area contributed by atoms with E-state index in [1.807, 2.05) is 0 Å². The van der Waals surface area contributed by atoms with Gasteiger partial charge < -0.3 is 10.5 Å². The molecule has 0 aliphatic heterocycles. The van der Waals surface area contributed by atoms with Crippen LogP contribution in [0.1, 0.15) is 13.3 Å². The fraction of sp³-hybridized carbons (Fsp3) is 0.364. The van der Waals surface area contributed by atoms with Gasteiger partial charge in [0, 0.05) is 6.07 Å². The van der Waals surface area contributed by atoms with Crippen LogP contribution in [0.25, 0.3) is 0 Å². The molecule has 0 unspecified atom stereocenters. The van der Waals surface area contributed by atoms with Gasteiger partial charge in [-0.3, -0.25) is 9.52 Å². The van der Waals surface area contributed by atoms with E-state index < -0.39 is 27.6 Å². The van der Waals surface area contributed by atoms with Gasteiger partial charge in [0.15, 0.2) is 0 Å². The van der Waals surface area contributed by atoms with Gasteiger partial charge in [0.2, 0.25) is 10.0 Å². The highest BCUT2D eigenvalue weighted by molar-refractivity contribution is 7.92. The number of nitrogens with one attached hydrogen (secondary N) is 1. The number of carbonyl (C=O) groups is 1. The van der Waals surface area contributed by atoms with Crippen molar-refractivity contribution in [2.45, 2.75) is 13.3 Å². The molecule has 3 N–H and O–H groups in total. The lowest BCUT2D eigenvalue weighted by atomic mass is 10.3. The summed E-state index contributed by atoms with van der Waals surface area (Å²) in [5, 5.41) is 0. The van der Waals surface area contributed by atoms with E-state index in [0.29, 0.717) is 0 Å². The first-order chi connectivity index (χ1) is 8.84. The van der Waals surface area contributed by atoms with E-state index in [4.69, 9.17) is 5.73 Å². The third kappa shape index (κ3) is 5.12. The lowest BCUT2D eigenvalue weighted by Crippen LogP contribution is -2.20. The summed E-state index contributed by atoms with van der Waals surface area (Å²) >= 11 is 0. The number of carbonyl (C=O) groups excluding carboxylic acids is 1. The Morgan fingerprint density at radius 1 is 1.47 bits per heavy atom. The van der Waals surface area contributed by atoms with Crippen molar-refractivity contribution in [3.8, 4) is 0 Å². The normalized spacial score (nSPS) is 11.1. The van der Waals surface area contributed by atoms with E-state index in [9.17, 15) is 17.6 Å². The van der Waals surface area contributed by atoms with E-state index in [1.54, 1.807) is 6.92 Å². The largest absolute Gasteiger partial charge is 0.466 e. The van der Waals surface area contributed by atoms with Gasteiger partial charge in [-0.05, 0) is 19.1 Å². The Morgan fingerprint density at radius 3 is 2.79 bits per heavy atom. The summed E-state index contributed by atoms with van der Waals surface area (Å²) < 4.78 is 43.1. The highest BCUT2D eigenvalue weighted by Crippen LogP contribution is 2.20. The molecule has 0 amide bonds. The average molecular weight is 290 g/mol. The van der Waals surface area contributed by atoms with Gasteiger partial charge in [0.1, 0.15) is 5.82 Å². The second kappa shape index (κ2) is 6.37. The Kier molecular flexibility index (Phi) is 5.11. The summed E-state index contributed by atoms with van der Waals surface area (Å²) in [5.74, 6) is -1.68. The third-order valence-corrected chi connectivity index (χ3v) is 3.43. The second-order valence-corrected chi connectivity index (χ2v) is 5.55. The van der Waals surface area contributed by atoms with Crippen molar-refractivity contribution in [3.63, 3.8) is 0 Å². The summed E-state index contributed by atoms with van der Waals surface area (Å²) in [6, 6.07) is 3.33. The monoisotopic (exact) mass is 290 g/mol. The molecule has 0 spiro atoms. The Balaban J connectivity index is 2.69. The predicted octanol–water partition coefficient (Wildman–Crippen LogP) is 1.10. The molecule has 1 rings (SSSR count). The first kappa shape index (κ1) is 15.2. The van der Waals surface area contributed by atoms with Gasteiger partial charge in [0.25, 0.3) is 0 Å². The van der Waals surface area contributed by atoms with Crippen LogP contribution in [-0.4, -0.2) is 26.7 Å². The van der Waals surface area contributed by atoms with Gasteiger partial charge in [-0.15, -0.1) is 0 Å². The maximum Gasteiger partial charge on any atom is 0.306 e. The molecule has 106 valence electrons. The maximum absolute atomic E-state index is 13.0. The molecule has 1 aromatic carbocycles. The number of hydrogen-bond acceptors (Lipinski definition) is 5. The Morgan fingerprint density at radius 2 is 2.16 bits per heavy atom. The number of sulfonamides is 1. The standard InChI is InChI=1S/C11H15FN2O4S/c1-2-18-11(15)5-6-19(16,17)14-10-7-8(12)3-4-9(10)13/h3-4,7,14H,2,5-6,13H2,1H3. The summed E-state index contributed by atoms with van der Waals surface area (Å²) in [6.45, 7) is 1.81. The van der Waals surface area contributed by atoms with Crippen molar-refractivity contribution in [2.75, 3.05) is 22.8 Å². The summed E-state index contributed by atoms with van der Waals surface area (Å²) in [6.07, 6.45) is -0.279. The smallest absolute Gasteiger partial charge is 0.306 e. The topological polar surface area (TPSA) is 98.5 Å². The van der Waals surface area contributed by atoms with Crippen molar-refractivity contribution >= 4 is 27.4 Å². The fourth-order valence-electron chi connectivity index (χ4n) is 1.29. The first-order valence-corrected chi connectivity index (χ1v) is 7.20. The van der Waals surface area contributed by atoms with Crippen LogP contribution in [0.4, 0.5) is 15.8 Å². The lowest BCUT2D eigenvalue weighted by Gasteiger charge is -2.10. The number of ether oxygens (including phenoxy) is 1. The second-order valence-electron chi connectivity index (χ2n) is 3.71. The molecule has 0 bridgehead atoms. The molecule has 0 saturated heterocycles. The number of anilines is 2. The summed E-state index contributed by atoms with van der Waals surface area (Å²) in [5.41, 5.74) is 5.56. The Hall–Kier alpha value is -1.83. The molecular weight excluding hydrogens is 275 g/mol. The zero-order chi connectivity index (χ0) is 14.5. The van der Waals surface area contributed by atoms with Gasteiger partial charge >= 0.3 is 5.97 Å². The van der Waals surface area contributed by atoms with E-state index in [1.165, 1.54) is 6.07 Å². The Labute approximate surface area is 110 Å². The SMILES string of the molecule is CCOC(=O)CCS(=O)(=O)Nc1cc(F)ccc1N. The minimum Gasteiger partial charge on any atom is -0.466 e. The van der Waals surface area contributed by atoms with Crippen LogP contribution < -0.4 is 10.5 Å². The van der Waals surface area contributed by atoms with Gasteiger partial charge in [-0.1, -0.05) is 0 Å². The number of halogens is 1. The van der Waals surface area contributed by atoms with E-state index in [-0.39, 0.29) is 24.4 Å². The Bertz CT molecular complexity index is 560. The zero-order valence-corrected chi connectivity index (χ0v) is 11.2. The fourth-order valence-corrected chi connectivity index (χ4v) is 2.34. The van der Waals surface area contributed by atoms with Crippen LogP contribution in [-0.2, 0) is 19.6 Å². The quantitative estimate of drug-likeness (QED) is 0.604. The molecule has 0 saturated carbocycles. The minimum absolute atomic E-state index is 0.0520. The molecule has 0 radical (unpaired) electrons. The van der Waals surface area contributed by atoms with Crippen molar-refractivity contribution in [3.05, 3.63) is 24.0 Å². The van der Waals surface area contributed by atoms with E-state index in [2.05, 4.69) is 9.46 Å². The maximum atomic E-state index is 13.0. The van der Waals surface area contributed by atoms with Gasteiger partial charge in [-0.25, -0.2) is 12.8 Å². The zero-order valence-electron chi connectivity index (χ0n) is 10.3. The number of rotatable bonds is 6. The molecular formula is C11H15FN2O4S. The predicted molar refractivity (Wildman–Crippen MR) is 69.5 cm³/mol. The molecule has 1 aromatic rings. The van der Waals surface area contributed by atoms with E-state index in [0.717, 1.165) is 12.1 Å². The van der Waals surface area contributed by atoms with Crippen LogP contribution in [0.15, 0.2) is 18.2 Å². The first-order valence-electron chi connectivity index (χ1n) is 5.55. The van der Waals surface area contributed by atoms with Crippen molar-refractivity contribution in [1.29, 1.82) is 0 Å². The van der Waals surface area contributed by atoms with E-state index >= 15 is 0 Å². The molecule has 0 fully saturated rings. The number of esters is 1. The molecule has 0 heterocycles. The number of nitrogen functional groups attached to an aromatic ring is 1. The van der Waals surface area contributed by atoms with Crippen molar-refractivity contribution < 1.29 is 22.3 Å². The van der Waals surface area contributed by atoms with Crippen molar-refractivity contribution in [1.82, 2.24) is 0 Å². The highest BCUT2D eigenvalue weighted by atomic mass is 32.2. The number of benzene rings is 1. The van der Waals surface area contributed by atoms with Crippen LogP contribution in [0.5, 0.6) is 0 Å².